The molecule has 0 saturated carbocycles. The third-order valence-electron chi connectivity index (χ3n) is 6.08. The minimum Gasteiger partial charge on any atom is -0.550 e. The van der Waals surface area contributed by atoms with E-state index < -0.39 is 11.9 Å². The molecule has 0 aromatic rings. The van der Waals surface area contributed by atoms with E-state index in [0.29, 0.717) is 13.2 Å². The minimum atomic E-state index is -0.923. The quantitative estimate of drug-likeness (QED) is 0.131. The molecule has 0 aliphatic carbocycles. The molecule has 204 valence electrons. The Balaban J connectivity index is -0.000000569. The van der Waals surface area contributed by atoms with Gasteiger partial charge in [0.1, 0.15) is 0 Å². The predicted molar refractivity (Wildman–Crippen MR) is 141 cm³/mol. The zero-order chi connectivity index (χ0) is 25.5. The van der Waals surface area contributed by atoms with E-state index in [0.717, 1.165) is 64.2 Å². The zero-order valence-electron chi connectivity index (χ0n) is 22.6. The van der Waals surface area contributed by atoms with Crippen LogP contribution >= 0.6 is 0 Å². The molecule has 0 amide bonds. The summed E-state index contributed by atoms with van der Waals surface area (Å²) in [6, 6.07) is 0. The number of carbonyl (C=O) groups excluding carboxylic acids is 2. The fraction of sp³-hybridized carbons (Fsp3) is 0.929. The molecular weight excluding hydrogens is 457 g/mol. The maximum Gasteiger partial charge on any atom is 2.00 e. The molecule has 7 heteroatoms. The summed E-state index contributed by atoms with van der Waals surface area (Å²) in [5.74, 6) is -1.85. The molecule has 0 aliphatic heterocycles. The number of hydrogen-bond donors (Lipinski definition) is 2. The number of aliphatic hydroxyl groups is 2. The summed E-state index contributed by atoms with van der Waals surface area (Å²) in [6.45, 7) is 0.651. The van der Waals surface area contributed by atoms with Gasteiger partial charge in [-0.3, -0.25) is 0 Å². The fourth-order valence-corrected chi connectivity index (χ4v) is 3.94. The largest absolute Gasteiger partial charge is 2.00 e. The van der Waals surface area contributed by atoms with Crippen molar-refractivity contribution in [2.24, 2.45) is 0 Å². The van der Waals surface area contributed by atoms with Crippen molar-refractivity contribution in [3.05, 3.63) is 0 Å². The normalized spacial score (nSPS) is 10.3. The van der Waals surface area contributed by atoms with E-state index in [9.17, 15) is 19.8 Å². The molecule has 0 spiro atoms. The number of rotatable bonds is 26. The second-order valence-electron chi connectivity index (χ2n) is 9.47. The van der Waals surface area contributed by atoms with Crippen molar-refractivity contribution in [1.29, 1.82) is 0 Å². The van der Waals surface area contributed by atoms with Crippen LogP contribution < -0.4 is 10.2 Å². The van der Waals surface area contributed by atoms with E-state index in [1.54, 1.807) is 0 Å². The molecule has 0 aromatic carbocycles. The first-order valence-corrected chi connectivity index (χ1v) is 14.2. The van der Waals surface area contributed by atoms with Gasteiger partial charge in [-0.2, -0.15) is 0 Å². The van der Waals surface area contributed by atoms with Gasteiger partial charge in [0.05, 0.1) is 0 Å². The molecule has 2 N–H and O–H groups in total. The van der Waals surface area contributed by atoms with Crippen LogP contribution in [0.2, 0.25) is 0 Å². The van der Waals surface area contributed by atoms with Gasteiger partial charge in [-0.15, -0.1) is 0 Å². The van der Waals surface area contributed by atoms with E-state index in [1.165, 1.54) is 77.0 Å². The Morgan fingerprint density at radius 1 is 0.371 bits per heavy atom. The van der Waals surface area contributed by atoms with E-state index in [1.807, 2.05) is 0 Å². The van der Waals surface area contributed by atoms with Gasteiger partial charge in [0.2, 0.25) is 0 Å². The molecule has 0 bridgehead atoms. The number of carboxylic acids is 2. The Morgan fingerprint density at radius 3 is 0.714 bits per heavy atom. The van der Waals surface area contributed by atoms with E-state index in [4.69, 9.17) is 10.2 Å². The number of carbonyl (C=O) groups is 2. The summed E-state index contributed by atoms with van der Waals surface area (Å²) < 4.78 is 0. The van der Waals surface area contributed by atoms with Crippen LogP contribution in [0.4, 0.5) is 0 Å². The number of unbranched alkanes of at least 4 members (excludes halogenated alkanes) is 20. The molecule has 0 aromatic heterocycles. The molecule has 35 heavy (non-hydrogen) atoms. The molecule has 0 rings (SSSR count). The molecular formula is C28H54MgO6. The second kappa shape index (κ2) is 35.8. The van der Waals surface area contributed by atoms with Gasteiger partial charge in [-0.25, -0.2) is 0 Å². The van der Waals surface area contributed by atoms with Crippen molar-refractivity contribution in [1.82, 2.24) is 0 Å². The van der Waals surface area contributed by atoms with Crippen LogP contribution in [-0.4, -0.2) is 58.4 Å². The SMILES string of the molecule is O=C([O-])CCCCCCCCCCCCCO.O=C([O-])CCCCCCCCCCCCCO.[Mg+2]. The number of carboxylic acid groups (broad SMARTS) is 2. The number of hydrogen-bond acceptors (Lipinski definition) is 6. The fourth-order valence-electron chi connectivity index (χ4n) is 3.94. The molecule has 0 radical (unpaired) electrons. The third-order valence-corrected chi connectivity index (χ3v) is 6.08. The second-order valence-corrected chi connectivity index (χ2v) is 9.47. The molecule has 0 heterocycles. The van der Waals surface area contributed by atoms with Gasteiger partial charge in [-0.05, 0) is 38.5 Å². The van der Waals surface area contributed by atoms with Crippen LogP contribution in [0.25, 0.3) is 0 Å². The van der Waals surface area contributed by atoms with E-state index in [-0.39, 0.29) is 35.9 Å². The Bertz CT molecular complexity index is 382. The van der Waals surface area contributed by atoms with Gasteiger partial charge in [0.25, 0.3) is 0 Å². The van der Waals surface area contributed by atoms with Gasteiger partial charge in [-0.1, -0.05) is 116 Å². The smallest absolute Gasteiger partial charge is 0.550 e. The first-order chi connectivity index (χ1) is 16.5. The van der Waals surface area contributed by atoms with Crippen molar-refractivity contribution >= 4 is 35.0 Å². The monoisotopic (exact) mass is 510 g/mol. The molecule has 6 nitrogen and oxygen atoms in total. The summed E-state index contributed by atoms with van der Waals surface area (Å²) in [7, 11) is 0. The topological polar surface area (TPSA) is 121 Å². The van der Waals surface area contributed by atoms with Crippen LogP contribution in [0.5, 0.6) is 0 Å². The van der Waals surface area contributed by atoms with Crippen LogP contribution in [0.15, 0.2) is 0 Å². The Labute approximate surface area is 231 Å². The summed E-state index contributed by atoms with van der Waals surface area (Å²) in [5, 5.41) is 37.5. The van der Waals surface area contributed by atoms with Crippen molar-refractivity contribution < 1.29 is 30.0 Å². The van der Waals surface area contributed by atoms with Crippen molar-refractivity contribution in [2.45, 2.75) is 154 Å². The summed E-state index contributed by atoms with van der Waals surface area (Å²) >= 11 is 0. The number of aliphatic hydroxyl groups excluding tert-OH is 2. The van der Waals surface area contributed by atoms with Crippen LogP contribution in [-0.2, 0) is 9.59 Å². The average molecular weight is 511 g/mol. The van der Waals surface area contributed by atoms with Gasteiger partial charge in [0.15, 0.2) is 0 Å². The molecule has 0 aliphatic rings. The number of aliphatic carboxylic acids is 2. The Morgan fingerprint density at radius 2 is 0.543 bits per heavy atom. The standard InChI is InChI=1S/2C14H28O3.Mg/c2*15-13-11-9-7-5-3-1-2-4-6-8-10-12-14(16)17;/h2*15H,1-13H2,(H,16,17);/q;;+2/p-2. The summed E-state index contributed by atoms with van der Waals surface area (Å²) in [6.07, 6.45) is 25.7. The summed E-state index contributed by atoms with van der Waals surface area (Å²) in [4.78, 5) is 20.3. The van der Waals surface area contributed by atoms with E-state index >= 15 is 0 Å². The van der Waals surface area contributed by atoms with E-state index in [2.05, 4.69) is 0 Å². The van der Waals surface area contributed by atoms with Crippen LogP contribution in [0.1, 0.15) is 154 Å². The molecule has 0 fully saturated rings. The predicted octanol–water partition coefficient (Wildman–Crippen LogP) is 4.44. The van der Waals surface area contributed by atoms with Crippen LogP contribution in [0.3, 0.4) is 0 Å². The molecule has 0 atom stereocenters. The Hall–Kier alpha value is -0.374. The van der Waals surface area contributed by atoms with Crippen LogP contribution in [0, 0.1) is 0 Å². The van der Waals surface area contributed by atoms with Gasteiger partial charge in [0, 0.05) is 25.2 Å². The first-order valence-electron chi connectivity index (χ1n) is 14.2. The average Bonchev–Trinajstić information content (AvgIpc) is 2.80. The molecule has 0 saturated heterocycles. The maximum atomic E-state index is 10.2. The van der Waals surface area contributed by atoms with Crippen molar-refractivity contribution in [3.63, 3.8) is 0 Å². The van der Waals surface area contributed by atoms with Crippen molar-refractivity contribution in [3.8, 4) is 0 Å². The van der Waals surface area contributed by atoms with Crippen molar-refractivity contribution in [2.75, 3.05) is 13.2 Å². The minimum absolute atomic E-state index is 0. The summed E-state index contributed by atoms with van der Waals surface area (Å²) in [5.41, 5.74) is 0. The Kier molecular flexibility index (Phi) is 40.0. The van der Waals surface area contributed by atoms with Gasteiger partial charge < -0.3 is 30.0 Å². The zero-order valence-corrected chi connectivity index (χ0v) is 24.0. The third kappa shape index (κ3) is 44.1. The first kappa shape index (κ1) is 39.1. The maximum absolute atomic E-state index is 10.2. The molecule has 0 unspecified atom stereocenters. The van der Waals surface area contributed by atoms with Gasteiger partial charge >= 0.3 is 23.1 Å².